The van der Waals surface area contributed by atoms with Crippen LogP contribution in [0.1, 0.15) is 36.8 Å². The van der Waals surface area contributed by atoms with E-state index in [1.54, 1.807) is 0 Å². The van der Waals surface area contributed by atoms with E-state index in [2.05, 4.69) is 53.9 Å². The van der Waals surface area contributed by atoms with Gasteiger partial charge in [0.05, 0.1) is 0 Å². The molecule has 128 valence electrons. The second kappa shape index (κ2) is 6.25. The molecule has 0 aromatic heterocycles. The molecule has 1 aromatic carbocycles. The lowest BCUT2D eigenvalue weighted by molar-refractivity contribution is -0.126. The van der Waals surface area contributed by atoms with E-state index in [0.29, 0.717) is 12.0 Å². The molecule has 3 unspecified atom stereocenters. The van der Waals surface area contributed by atoms with Gasteiger partial charge in [0.2, 0.25) is 5.91 Å². The van der Waals surface area contributed by atoms with Crippen LogP contribution in [0.5, 0.6) is 0 Å². The highest BCUT2D eigenvalue weighted by Gasteiger charge is 2.45. The van der Waals surface area contributed by atoms with Gasteiger partial charge in [-0.05, 0) is 50.1 Å². The van der Waals surface area contributed by atoms with Gasteiger partial charge in [-0.25, -0.2) is 0 Å². The highest BCUT2D eigenvalue weighted by Crippen LogP contribution is 2.45. The Kier molecular flexibility index (Phi) is 4.09. The van der Waals surface area contributed by atoms with Crippen molar-refractivity contribution in [2.45, 2.75) is 38.3 Å². The molecule has 1 aromatic rings. The smallest absolute Gasteiger partial charge is 0.223 e. The van der Waals surface area contributed by atoms with Crippen molar-refractivity contribution in [3.8, 4) is 0 Å². The zero-order valence-corrected chi connectivity index (χ0v) is 14.6. The quantitative estimate of drug-likeness (QED) is 0.897. The summed E-state index contributed by atoms with van der Waals surface area (Å²) in [5.41, 5.74) is 5.38. The topological polar surface area (TPSA) is 44.4 Å². The maximum absolute atomic E-state index is 12.4. The fourth-order valence-electron chi connectivity index (χ4n) is 4.74. The molecule has 4 heteroatoms. The van der Waals surface area contributed by atoms with E-state index in [1.165, 1.54) is 28.8 Å². The van der Waals surface area contributed by atoms with Crippen LogP contribution in [0.3, 0.4) is 0 Å². The number of rotatable bonds is 3. The molecule has 0 spiro atoms. The van der Waals surface area contributed by atoms with E-state index < -0.39 is 0 Å². The summed E-state index contributed by atoms with van der Waals surface area (Å²) >= 11 is 0. The van der Waals surface area contributed by atoms with Gasteiger partial charge in [0.1, 0.15) is 0 Å². The predicted octanol–water partition coefficient (Wildman–Crippen LogP) is 2.37. The van der Waals surface area contributed by atoms with Crippen LogP contribution in [-0.2, 0) is 11.3 Å². The first-order chi connectivity index (χ1) is 11.6. The highest BCUT2D eigenvalue weighted by atomic mass is 16.1. The molecule has 1 saturated carbocycles. The molecule has 0 radical (unpaired) electrons. The normalized spacial score (nSPS) is 29.1. The van der Waals surface area contributed by atoms with Gasteiger partial charge in [0.25, 0.3) is 0 Å². The van der Waals surface area contributed by atoms with Gasteiger partial charge in [-0.15, -0.1) is 0 Å². The lowest BCUT2D eigenvalue weighted by atomic mass is 9.73. The van der Waals surface area contributed by atoms with Crippen molar-refractivity contribution in [2.75, 3.05) is 20.6 Å². The second-order valence-corrected chi connectivity index (χ2v) is 7.69. The summed E-state index contributed by atoms with van der Waals surface area (Å²) in [5, 5.41) is 6.90. The molecule has 4 nitrogen and oxygen atoms in total. The van der Waals surface area contributed by atoms with Crippen molar-refractivity contribution in [1.29, 1.82) is 0 Å². The number of carbonyl (C=O) groups is 1. The fourth-order valence-corrected chi connectivity index (χ4v) is 4.74. The van der Waals surface area contributed by atoms with E-state index in [0.717, 1.165) is 32.4 Å². The molecule has 2 aliphatic heterocycles. The average Bonchev–Trinajstić information content (AvgIpc) is 2.84. The number of carbonyl (C=O) groups excluding carboxylic acids is 1. The SMILES string of the molecule is CN(C)Cc1ccc(C2=C3CCNC(=O)C4CCCC(N2)C34)cc1. The summed E-state index contributed by atoms with van der Waals surface area (Å²) in [4.78, 5) is 14.6. The van der Waals surface area contributed by atoms with Crippen LogP contribution in [-0.4, -0.2) is 37.5 Å². The molecule has 4 rings (SSSR count). The molecule has 1 saturated heterocycles. The molecule has 2 N–H and O–H groups in total. The van der Waals surface area contributed by atoms with Gasteiger partial charge in [-0.3, -0.25) is 4.79 Å². The summed E-state index contributed by atoms with van der Waals surface area (Å²) in [6.07, 6.45) is 4.34. The third kappa shape index (κ3) is 2.73. The Labute approximate surface area is 144 Å². The average molecular weight is 325 g/mol. The molecule has 3 atom stereocenters. The number of hydrogen-bond donors (Lipinski definition) is 2. The highest BCUT2D eigenvalue weighted by molar-refractivity contribution is 5.82. The monoisotopic (exact) mass is 325 g/mol. The Bertz CT molecular complexity index is 662. The first-order valence-corrected chi connectivity index (χ1v) is 9.15. The van der Waals surface area contributed by atoms with Gasteiger partial charge in [-0.2, -0.15) is 0 Å². The molecule has 24 heavy (non-hydrogen) atoms. The zero-order valence-electron chi connectivity index (χ0n) is 14.6. The number of benzene rings is 1. The number of nitrogens with one attached hydrogen (secondary N) is 2. The Morgan fingerprint density at radius 1 is 1.17 bits per heavy atom. The molecule has 2 heterocycles. The summed E-state index contributed by atoms with van der Waals surface area (Å²) < 4.78 is 0. The summed E-state index contributed by atoms with van der Waals surface area (Å²) in [5.74, 6) is 0.834. The zero-order chi connectivity index (χ0) is 16.7. The van der Waals surface area contributed by atoms with Gasteiger partial charge in [0, 0.05) is 36.7 Å². The summed E-state index contributed by atoms with van der Waals surface area (Å²) in [7, 11) is 4.19. The Morgan fingerprint density at radius 2 is 1.96 bits per heavy atom. The van der Waals surface area contributed by atoms with Gasteiger partial charge in [-0.1, -0.05) is 30.7 Å². The number of nitrogens with zero attached hydrogens (tertiary/aromatic N) is 1. The van der Waals surface area contributed by atoms with E-state index >= 15 is 0 Å². The third-order valence-corrected chi connectivity index (χ3v) is 5.72. The minimum Gasteiger partial charge on any atom is -0.381 e. The van der Waals surface area contributed by atoms with Gasteiger partial charge >= 0.3 is 0 Å². The minimum absolute atomic E-state index is 0.166. The largest absolute Gasteiger partial charge is 0.381 e. The Morgan fingerprint density at radius 3 is 2.71 bits per heavy atom. The molecule has 3 aliphatic rings. The van der Waals surface area contributed by atoms with Crippen LogP contribution < -0.4 is 10.6 Å². The van der Waals surface area contributed by atoms with Crippen molar-refractivity contribution in [2.24, 2.45) is 11.8 Å². The van der Waals surface area contributed by atoms with E-state index in [4.69, 9.17) is 0 Å². The van der Waals surface area contributed by atoms with Crippen LogP contribution >= 0.6 is 0 Å². The van der Waals surface area contributed by atoms with Crippen molar-refractivity contribution >= 4 is 11.6 Å². The van der Waals surface area contributed by atoms with Crippen molar-refractivity contribution in [3.05, 3.63) is 41.0 Å². The van der Waals surface area contributed by atoms with Crippen LogP contribution in [0.2, 0.25) is 0 Å². The molecule has 1 aliphatic carbocycles. The molecular weight excluding hydrogens is 298 g/mol. The first-order valence-electron chi connectivity index (χ1n) is 9.15. The number of hydrogen-bond acceptors (Lipinski definition) is 3. The van der Waals surface area contributed by atoms with Crippen LogP contribution in [0.15, 0.2) is 29.8 Å². The Balaban J connectivity index is 1.67. The summed E-state index contributed by atoms with van der Waals surface area (Å²) in [6.45, 7) is 1.74. The van der Waals surface area contributed by atoms with Crippen LogP contribution in [0.4, 0.5) is 0 Å². The van der Waals surface area contributed by atoms with E-state index in [1.807, 2.05) is 0 Å². The lowest BCUT2D eigenvalue weighted by Crippen LogP contribution is -2.42. The first kappa shape index (κ1) is 15.7. The third-order valence-electron chi connectivity index (χ3n) is 5.72. The number of amides is 1. The Hall–Kier alpha value is -1.81. The van der Waals surface area contributed by atoms with Gasteiger partial charge in [0.15, 0.2) is 0 Å². The molecule has 1 amide bonds. The van der Waals surface area contributed by atoms with Crippen LogP contribution in [0.25, 0.3) is 5.70 Å². The van der Waals surface area contributed by atoms with Crippen LogP contribution in [0, 0.1) is 11.8 Å². The van der Waals surface area contributed by atoms with Crippen molar-refractivity contribution in [3.63, 3.8) is 0 Å². The minimum atomic E-state index is 0.166. The fraction of sp³-hybridized carbons (Fsp3) is 0.550. The second-order valence-electron chi connectivity index (χ2n) is 7.69. The summed E-state index contributed by atoms with van der Waals surface area (Å²) in [6, 6.07) is 9.37. The van der Waals surface area contributed by atoms with Crippen molar-refractivity contribution in [1.82, 2.24) is 15.5 Å². The predicted molar refractivity (Wildman–Crippen MR) is 96.1 cm³/mol. The lowest BCUT2D eigenvalue weighted by Gasteiger charge is -2.32. The van der Waals surface area contributed by atoms with E-state index in [9.17, 15) is 4.79 Å². The maximum Gasteiger partial charge on any atom is 0.223 e. The van der Waals surface area contributed by atoms with E-state index in [-0.39, 0.29) is 11.8 Å². The molecule has 2 fully saturated rings. The van der Waals surface area contributed by atoms with Crippen molar-refractivity contribution < 1.29 is 4.79 Å². The molecular formula is C20H27N3O. The van der Waals surface area contributed by atoms with Gasteiger partial charge < -0.3 is 15.5 Å². The molecule has 0 bridgehead atoms. The maximum atomic E-state index is 12.4. The standard InChI is InChI=1S/C20H27N3O/c1-23(2)12-13-6-8-14(9-7-13)19-15-10-11-21-20(24)16-4-3-5-17(22-19)18(15)16/h6-9,16-18,22H,3-5,10-12H2,1-2H3,(H,21,24).